The Morgan fingerprint density at radius 3 is 2.60 bits per heavy atom. The van der Waals surface area contributed by atoms with E-state index in [0.717, 1.165) is 19.4 Å². The van der Waals surface area contributed by atoms with Gasteiger partial charge in [-0.1, -0.05) is 0 Å². The third kappa shape index (κ3) is 4.33. The summed E-state index contributed by atoms with van der Waals surface area (Å²) < 4.78 is 36.0. The molecule has 0 aromatic carbocycles. The first-order chi connectivity index (χ1) is 6.90. The maximum Gasteiger partial charge on any atom is 0.405 e. The van der Waals surface area contributed by atoms with Crippen LogP contribution < -0.4 is 5.32 Å². The first-order valence-corrected chi connectivity index (χ1v) is 4.87. The molecule has 15 heavy (non-hydrogen) atoms. The number of hydroxylamine groups is 1. The fraction of sp³-hybridized carbons (Fsp3) is 1.00. The number of halogens is 3. The zero-order valence-electron chi connectivity index (χ0n) is 8.59. The van der Waals surface area contributed by atoms with Crippen molar-refractivity contribution in [1.29, 1.82) is 0 Å². The second-order valence-corrected chi connectivity index (χ2v) is 3.72. The predicted molar refractivity (Wildman–Crippen MR) is 48.2 cm³/mol. The third-order valence-corrected chi connectivity index (χ3v) is 2.48. The maximum atomic E-state index is 12.0. The minimum atomic E-state index is -4.38. The average Bonchev–Trinajstić information content (AvgIpc) is 2.15. The first-order valence-electron chi connectivity index (χ1n) is 4.87. The molecule has 0 spiro atoms. The quantitative estimate of drug-likeness (QED) is 0.701. The molecule has 0 bridgehead atoms. The third-order valence-electron chi connectivity index (χ3n) is 2.48. The number of hydrazine groups is 1. The number of likely N-dealkylation sites (N-methyl/N-ethyl adjacent to an activating group) is 1. The molecular formula is C8H16F3N3O. The monoisotopic (exact) mass is 227 g/mol. The average molecular weight is 227 g/mol. The van der Waals surface area contributed by atoms with Crippen LogP contribution in [0.15, 0.2) is 0 Å². The highest BCUT2D eigenvalue weighted by atomic mass is 19.4. The van der Waals surface area contributed by atoms with Crippen LogP contribution >= 0.6 is 0 Å². The van der Waals surface area contributed by atoms with E-state index in [4.69, 9.17) is 0 Å². The Labute approximate surface area is 86.6 Å². The molecule has 1 aliphatic heterocycles. The number of rotatable bonds is 3. The highest BCUT2D eigenvalue weighted by Gasteiger charge is 2.33. The zero-order valence-corrected chi connectivity index (χ0v) is 8.59. The molecule has 0 amide bonds. The minimum Gasteiger partial charge on any atom is -0.315 e. The Balaban J connectivity index is 2.40. The Hall–Kier alpha value is -0.370. The number of nitrogens with zero attached hydrogens (tertiary/aromatic N) is 2. The summed E-state index contributed by atoms with van der Waals surface area (Å²) in [6.45, 7) is 0.153. The van der Waals surface area contributed by atoms with Crippen molar-refractivity contribution in [3.8, 4) is 0 Å². The lowest BCUT2D eigenvalue weighted by Gasteiger charge is -2.36. The fourth-order valence-corrected chi connectivity index (χ4v) is 1.61. The summed E-state index contributed by atoms with van der Waals surface area (Å²) >= 11 is 0. The van der Waals surface area contributed by atoms with Gasteiger partial charge in [-0.25, -0.2) is 5.01 Å². The van der Waals surface area contributed by atoms with Crippen LogP contribution in [0.25, 0.3) is 0 Å². The molecule has 1 unspecified atom stereocenters. The summed E-state index contributed by atoms with van der Waals surface area (Å²) in [5.41, 5.74) is 0. The molecular weight excluding hydrogens is 211 g/mol. The molecule has 1 aliphatic rings. The lowest BCUT2D eigenvalue weighted by Crippen LogP contribution is -2.53. The molecule has 0 radical (unpaired) electrons. The largest absolute Gasteiger partial charge is 0.405 e. The van der Waals surface area contributed by atoms with E-state index in [1.807, 2.05) is 0 Å². The number of piperidine rings is 1. The standard InChI is InChI=1S/C8H16F3N3O/c1-13(7-3-2-4-12-5-7)14(15)6-8(9,10)11/h7,12,15H,2-6H2,1H3. The SMILES string of the molecule is CN(C1CCCNC1)N(O)CC(F)(F)F. The molecule has 1 saturated heterocycles. The molecule has 1 heterocycles. The number of hydrogen-bond acceptors (Lipinski definition) is 4. The van der Waals surface area contributed by atoms with Crippen molar-refractivity contribution in [3.05, 3.63) is 0 Å². The van der Waals surface area contributed by atoms with E-state index in [1.54, 1.807) is 0 Å². The van der Waals surface area contributed by atoms with Gasteiger partial charge in [0, 0.05) is 19.6 Å². The van der Waals surface area contributed by atoms with Crippen molar-refractivity contribution >= 4 is 0 Å². The van der Waals surface area contributed by atoms with E-state index in [2.05, 4.69) is 5.32 Å². The van der Waals surface area contributed by atoms with Crippen LogP contribution in [-0.2, 0) is 0 Å². The summed E-state index contributed by atoms with van der Waals surface area (Å²) in [5.74, 6) is 0. The molecule has 0 aliphatic carbocycles. The Morgan fingerprint density at radius 2 is 2.13 bits per heavy atom. The van der Waals surface area contributed by atoms with Crippen LogP contribution in [0.1, 0.15) is 12.8 Å². The van der Waals surface area contributed by atoms with E-state index in [9.17, 15) is 18.4 Å². The molecule has 90 valence electrons. The van der Waals surface area contributed by atoms with Crippen molar-refractivity contribution in [2.75, 3.05) is 26.7 Å². The lowest BCUT2D eigenvalue weighted by molar-refractivity contribution is -0.299. The normalized spacial score (nSPS) is 23.8. The second-order valence-electron chi connectivity index (χ2n) is 3.72. The van der Waals surface area contributed by atoms with E-state index >= 15 is 0 Å². The smallest absolute Gasteiger partial charge is 0.315 e. The Bertz CT molecular complexity index is 194. The van der Waals surface area contributed by atoms with Gasteiger partial charge in [-0.2, -0.15) is 13.2 Å². The molecule has 1 fully saturated rings. The van der Waals surface area contributed by atoms with Gasteiger partial charge in [-0.15, -0.1) is 5.17 Å². The van der Waals surface area contributed by atoms with Crippen LogP contribution in [0.4, 0.5) is 13.2 Å². The second kappa shape index (κ2) is 5.11. The van der Waals surface area contributed by atoms with Gasteiger partial charge in [0.05, 0.1) is 0 Å². The van der Waals surface area contributed by atoms with Gasteiger partial charge < -0.3 is 5.32 Å². The van der Waals surface area contributed by atoms with Crippen molar-refractivity contribution < 1.29 is 18.4 Å². The van der Waals surface area contributed by atoms with Gasteiger partial charge >= 0.3 is 6.18 Å². The van der Waals surface area contributed by atoms with Gasteiger partial charge in [0.1, 0.15) is 6.54 Å². The van der Waals surface area contributed by atoms with Crippen molar-refractivity contribution in [1.82, 2.24) is 15.5 Å². The molecule has 7 heteroatoms. The molecule has 0 saturated carbocycles. The summed E-state index contributed by atoms with van der Waals surface area (Å²) in [4.78, 5) is 0. The fourth-order valence-electron chi connectivity index (χ4n) is 1.61. The van der Waals surface area contributed by atoms with Crippen LogP contribution in [0.2, 0.25) is 0 Å². The van der Waals surface area contributed by atoms with Crippen molar-refractivity contribution in [2.45, 2.75) is 25.1 Å². The molecule has 1 atom stereocenters. The predicted octanol–water partition coefficient (Wildman–Crippen LogP) is 0.839. The molecule has 0 aromatic rings. The summed E-state index contributed by atoms with van der Waals surface area (Å²) in [7, 11) is 1.46. The van der Waals surface area contributed by atoms with E-state index in [0.29, 0.717) is 6.54 Å². The topological polar surface area (TPSA) is 38.7 Å². The molecule has 0 aromatic heterocycles. The minimum absolute atomic E-state index is 0.0777. The van der Waals surface area contributed by atoms with Crippen LogP contribution in [0.3, 0.4) is 0 Å². The maximum absolute atomic E-state index is 12.0. The van der Waals surface area contributed by atoms with E-state index in [1.165, 1.54) is 12.1 Å². The van der Waals surface area contributed by atoms with Crippen molar-refractivity contribution in [3.63, 3.8) is 0 Å². The first kappa shape index (κ1) is 12.7. The zero-order chi connectivity index (χ0) is 11.5. The van der Waals surface area contributed by atoms with Gasteiger partial charge in [-0.05, 0) is 19.4 Å². The highest BCUT2D eigenvalue weighted by Crippen LogP contribution is 2.18. The molecule has 4 nitrogen and oxygen atoms in total. The van der Waals surface area contributed by atoms with Crippen LogP contribution in [0.5, 0.6) is 0 Å². The van der Waals surface area contributed by atoms with Crippen molar-refractivity contribution in [2.24, 2.45) is 0 Å². The number of hydrogen-bond donors (Lipinski definition) is 2. The highest BCUT2D eigenvalue weighted by molar-refractivity contribution is 4.74. The number of nitrogens with one attached hydrogen (secondary N) is 1. The Kier molecular flexibility index (Phi) is 4.32. The van der Waals surface area contributed by atoms with Gasteiger partial charge in [0.25, 0.3) is 0 Å². The van der Waals surface area contributed by atoms with Crippen LogP contribution in [0, 0.1) is 0 Å². The summed E-state index contributed by atoms with van der Waals surface area (Å²) in [5, 5.41) is 13.8. The van der Waals surface area contributed by atoms with Crippen LogP contribution in [-0.4, -0.2) is 54.3 Å². The van der Waals surface area contributed by atoms with Gasteiger partial charge in [-0.3, -0.25) is 5.21 Å². The Morgan fingerprint density at radius 1 is 1.47 bits per heavy atom. The molecule has 2 N–H and O–H groups in total. The van der Waals surface area contributed by atoms with Gasteiger partial charge in [0.15, 0.2) is 0 Å². The van der Waals surface area contributed by atoms with Gasteiger partial charge in [0.2, 0.25) is 0 Å². The van der Waals surface area contributed by atoms with E-state index in [-0.39, 0.29) is 11.2 Å². The summed E-state index contributed by atoms with van der Waals surface area (Å²) in [6, 6.07) is -0.0777. The molecule has 1 rings (SSSR count). The van der Waals surface area contributed by atoms with E-state index < -0.39 is 12.7 Å². The summed E-state index contributed by atoms with van der Waals surface area (Å²) in [6.07, 6.45) is -2.68. The lowest BCUT2D eigenvalue weighted by atomic mass is 10.1. The number of alkyl halides is 3.